The fourth-order valence-corrected chi connectivity index (χ4v) is 3.56. The van der Waals surface area contributed by atoms with Crippen molar-refractivity contribution in [2.75, 3.05) is 12.4 Å². The molecule has 0 bridgehead atoms. The number of hydrogen-bond acceptors (Lipinski definition) is 3. The molecule has 0 aliphatic carbocycles. The maximum atomic E-state index is 13.3. The lowest BCUT2D eigenvalue weighted by Crippen LogP contribution is -2.04. The molecular formula is C21H18ClFINO2. The summed E-state index contributed by atoms with van der Waals surface area (Å²) >= 11 is 8.06. The van der Waals surface area contributed by atoms with Gasteiger partial charge in [-0.15, -0.1) is 0 Å². The summed E-state index contributed by atoms with van der Waals surface area (Å²) in [5, 5.41) is 3.33. The zero-order valence-electron chi connectivity index (χ0n) is 14.6. The summed E-state index contributed by atoms with van der Waals surface area (Å²) in [6.45, 7) is 1.02. The van der Waals surface area contributed by atoms with Gasteiger partial charge < -0.3 is 14.8 Å². The van der Waals surface area contributed by atoms with Crippen molar-refractivity contribution in [2.45, 2.75) is 13.2 Å². The van der Waals surface area contributed by atoms with E-state index in [1.807, 2.05) is 42.5 Å². The van der Waals surface area contributed by atoms with Crippen LogP contribution in [0.3, 0.4) is 0 Å². The number of methoxy groups -OCH3 is 1. The molecule has 0 radical (unpaired) electrons. The first-order valence-corrected chi connectivity index (χ1v) is 9.74. The highest BCUT2D eigenvalue weighted by Gasteiger charge is 2.12. The molecule has 3 nitrogen and oxygen atoms in total. The maximum Gasteiger partial charge on any atom is 0.174 e. The van der Waals surface area contributed by atoms with Crippen LogP contribution in [-0.4, -0.2) is 7.11 Å². The van der Waals surface area contributed by atoms with Gasteiger partial charge in [-0.2, -0.15) is 0 Å². The van der Waals surface area contributed by atoms with Gasteiger partial charge in [0.25, 0.3) is 0 Å². The predicted molar refractivity (Wildman–Crippen MR) is 115 cm³/mol. The first kappa shape index (κ1) is 19.8. The van der Waals surface area contributed by atoms with E-state index < -0.39 is 5.82 Å². The lowest BCUT2D eigenvalue weighted by atomic mass is 10.2. The van der Waals surface area contributed by atoms with E-state index in [2.05, 4.69) is 27.9 Å². The highest BCUT2D eigenvalue weighted by molar-refractivity contribution is 14.1. The van der Waals surface area contributed by atoms with Crippen LogP contribution < -0.4 is 14.8 Å². The lowest BCUT2D eigenvalue weighted by Gasteiger charge is -2.15. The molecule has 27 heavy (non-hydrogen) atoms. The van der Waals surface area contributed by atoms with Crippen LogP contribution >= 0.6 is 34.2 Å². The largest absolute Gasteiger partial charge is 0.493 e. The quantitative estimate of drug-likeness (QED) is 0.390. The van der Waals surface area contributed by atoms with Crippen molar-refractivity contribution >= 4 is 39.9 Å². The van der Waals surface area contributed by atoms with Gasteiger partial charge in [-0.1, -0.05) is 41.9 Å². The van der Waals surface area contributed by atoms with Gasteiger partial charge in [-0.3, -0.25) is 0 Å². The zero-order chi connectivity index (χ0) is 19.2. The highest BCUT2D eigenvalue weighted by Crippen LogP contribution is 2.35. The van der Waals surface area contributed by atoms with Gasteiger partial charge in [0.15, 0.2) is 11.5 Å². The molecule has 0 saturated heterocycles. The Bertz CT molecular complexity index is 922. The van der Waals surface area contributed by atoms with Gasteiger partial charge in [-0.05, 0) is 64.0 Å². The van der Waals surface area contributed by atoms with Gasteiger partial charge in [0.2, 0.25) is 0 Å². The summed E-state index contributed by atoms with van der Waals surface area (Å²) < 4.78 is 25.7. The molecular weight excluding hydrogens is 480 g/mol. The number of halogens is 3. The summed E-state index contributed by atoms with van der Waals surface area (Å²) in [7, 11) is 1.62. The third-order valence-corrected chi connectivity index (χ3v) is 5.02. The molecule has 0 heterocycles. The second kappa shape index (κ2) is 9.28. The van der Waals surface area contributed by atoms with Crippen molar-refractivity contribution in [3.05, 3.63) is 86.2 Å². The summed E-state index contributed by atoms with van der Waals surface area (Å²) in [6, 6.07) is 18.5. The molecule has 0 aliphatic heterocycles. The first-order valence-electron chi connectivity index (χ1n) is 8.29. The van der Waals surface area contributed by atoms with Crippen LogP contribution in [0.4, 0.5) is 10.1 Å². The molecule has 0 saturated carbocycles. The number of anilines is 1. The molecule has 0 spiro atoms. The second-order valence-electron chi connectivity index (χ2n) is 5.87. The molecule has 0 aliphatic rings. The van der Waals surface area contributed by atoms with Crippen molar-refractivity contribution in [2.24, 2.45) is 0 Å². The fourth-order valence-electron chi connectivity index (χ4n) is 2.56. The maximum absolute atomic E-state index is 13.3. The first-order chi connectivity index (χ1) is 13.1. The molecule has 1 N–H and O–H groups in total. The Balaban J connectivity index is 1.72. The van der Waals surface area contributed by atoms with Crippen LogP contribution in [0.15, 0.2) is 60.7 Å². The van der Waals surface area contributed by atoms with E-state index in [0.29, 0.717) is 18.9 Å². The monoisotopic (exact) mass is 497 g/mol. The van der Waals surface area contributed by atoms with Crippen molar-refractivity contribution in [1.82, 2.24) is 0 Å². The molecule has 0 aromatic heterocycles. The fraction of sp³-hybridized carbons (Fsp3) is 0.143. The van der Waals surface area contributed by atoms with Crippen LogP contribution in [0.2, 0.25) is 5.02 Å². The van der Waals surface area contributed by atoms with E-state index in [1.54, 1.807) is 19.2 Å². The molecule has 0 unspecified atom stereocenters. The Kier molecular flexibility index (Phi) is 6.79. The average molecular weight is 498 g/mol. The van der Waals surface area contributed by atoms with Crippen LogP contribution in [0.5, 0.6) is 11.5 Å². The number of nitrogens with one attached hydrogen (secondary N) is 1. The summed E-state index contributed by atoms with van der Waals surface area (Å²) in [4.78, 5) is 0. The minimum absolute atomic E-state index is 0.0943. The van der Waals surface area contributed by atoms with Crippen molar-refractivity contribution in [3.8, 4) is 11.5 Å². The van der Waals surface area contributed by atoms with Gasteiger partial charge in [0.05, 0.1) is 15.7 Å². The van der Waals surface area contributed by atoms with E-state index in [0.717, 1.165) is 26.1 Å². The SMILES string of the molecule is COc1cc(CNc2ccc(F)c(Cl)c2)cc(I)c1OCc1ccccc1. The van der Waals surface area contributed by atoms with Crippen LogP contribution in [-0.2, 0) is 13.2 Å². The van der Waals surface area contributed by atoms with Gasteiger partial charge in [-0.25, -0.2) is 4.39 Å². The number of benzene rings is 3. The molecule has 3 rings (SSSR count). The van der Waals surface area contributed by atoms with E-state index in [-0.39, 0.29) is 5.02 Å². The van der Waals surface area contributed by atoms with Gasteiger partial charge in [0, 0.05) is 12.2 Å². The van der Waals surface area contributed by atoms with E-state index in [4.69, 9.17) is 21.1 Å². The predicted octanol–water partition coefficient (Wildman–Crippen LogP) is 6.28. The molecule has 6 heteroatoms. The Morgan fingerprint density at radius 1 is 1.04 bits per heavy atom. The standard InChI is InChI=1S/C21H18ClFINO2/c1-26-20-10-15(12-25-16-7-8-18(23)17(22)11-16)9-19(24)21(20)27-13-14-5-3-2-4-6-14/h2-11,25H,12-13H2,1H3. The van der Waals surface area contributed by atoms with E-state index in [9.17, 15) is 4.39 Å². The second-order valence-corrected chi connectivity index (χ2v) is 7.44. The molecule has 3 aromatic rings. The Morgan fingerprint density at radius 3 is 2.52 bits per heavy atom. The molecule has 0 atom stereocenters. The smallest absolute Gasteiger partial charge is 0.174 e. The Labute approximate surface area is 176 Å². The minimum atomic E-state index is -0.432. The lowest BCUT2D eigenvalue weighted by molar-refractivity contribution is 0.282. The number of rotatable bonds is 7. The average Bonchev–Trinajstić information content (AvgIpc) is 2.68. The third-order valence-electron chi connectivity index (χ3n) is 3.93. The number of hydrogen-bond donors (Lipinski definition) is 1. The van der Waals surface area contributed by atoms with Crippen LogP contribution in [0.1, 0.15) is 11.1 Å². The van der Waals surface area contributed by atoms with Crippen molar-refractivity contribution < 1.29 is 13.9 Å². The van der Waals surface area contributed by atoms with Crippen molar-refractivity contribution in [1.29, 1.82) is 0 Å². The molecule has 140 valence electrons. The van der Waals surface area contributed by atoms with Crippen LogP contribution in [0.25, 0.3) is 0 Å². The summed E-state index contributed by atoms with van der Waals surface area (Å²) in [5.41, 5.74) is 2.86. The molecule has 0 fully saturated rings. The van der Waals surface area contributed by atoms with Gasteiger partial charge >= 0.3 is 0 Å². The zero-order valence-corrected chi connectivity index (χ0v) is 17.6. The van der Waals surface area contributed by atoms with E-state index in [1.165, 1.54) is 6.07 Å². The summed E-state index contributed by atoms with van der Waals surface area (Å²) in [5.74, 6) is 0.959. The number of ether oxygens (including phenoxy) is 2. The van der Waals surface area contributed by atoms with Crippen molar-refractivity contribution in [3.63, 3.8) is 0 Å². The van der Waals surface area contributed by atoms with Crippen LogP contribution in [0, 0.1) is 9.39 Å². The van der Waals surface area contributed by atoms with E-state index >= 15 is 0 Å². The normalized spacial score (nSPS) is 10.5. The minimum Gasteiger partial charge on any atom is -0.493 e. The van der Waals surface area contributed by atoms with Gasteiger partial charge in [0.1, 0.15) is 12.4 Å². The molecule has 0 amide bonds. The summed E-state index contributed by atoms with van der Waals surface area (Å²) in [6.07, 6.45) is 0. The third kappa shape index (κ3) is 5.26. The Morgan fingerprint density at radius 2 is 1.81 bits per heavy atom. The topological polar surface area (TPSA) is 30.5 Å². The molecule has 3 aromatic carbocycles. The highest BCUT2D eigenvalue weighted by atomic mass is 127. The Hall–Kier alpha value is -1.99.